The zero-order valence-electron chi connectivity index (χ0n) is 19.4. The van der Waals surface area contributed by atoms with Crippen LogP contribution >= 0.6 is 0 Å². The van der Waals surface area contributed by atoms with E-state index >= 15 is 0 Å². The second kappa shape index (κ2) is 8.94. The molecule has 1 aromatic carbocycles. The molecule has 3 aromatic rings. The summed E-state index contributed by atoms with van der Waals surface area (Å²) in [5.74, 6) is 0.605. The molecule has 1 N–H and O–H groups in total. The van der Waals surface area contributed by atoms with Crippen LogP contribution in [0.2, 0.25) is 0 Å². The van der Waals surface area contributed by atoms with Crippen LogP contribution in [0.4, 0.5) is 20.4 Å². The molecule has 184 valence electrons. The number of ether oxygens (including phenoxy) is 2. The van der Waals surface area contributed by atoms with Crippen LogP contribution in [0.15, 0.2) is 30.5 Å². The summed E-state index contributed by atoms with van der Waals surface area (Å²) < 4.78 is 40.7. The van der Waals surface area contributed by atoms with Gasteiger partial charge in [-0.25, -0.2) is 9.07 Å². The highest BCUT2D eigenvalue weighted by molar-refractivity contribution is 5.48. The Morgan fingerprint density at radius 3 is 2.74 bits per heavy atom. The zero-order valence-corrected chi connectivity index (χ0v) is 19.4. The number of methoxy groups -OCH3 is 1. The second-order valence-electron chi connectivity index (χ2n) is 9.45. The summed E-state index contributed by atoms with van der Waals surface area (Å²) in [6.07, 6.45) is 5.06. The smallest absolute Gasteiger partial charge is 0.242 e. The van der Waals surface area contributed by atoms with Gasteiger partial charge in [-0.2, -0.15) is 14.5 Å². The van der Waals surface area contributed by atoms with Gasteiger partial charge in [0, 0.05) is 31.7 Å². The molecule has 6 rings (SSSR count). The van der Waals surface area contributed by atoms with Gasteiger partial charge in [0.2, 0.25) is 17.6 Å². The standard InChI is InChI=1S/C24H27F2N7O2/c1-34-20-10-16(11-27-30-20)32-12-14-7-8-15(13-32)22(14)28-24-29-23-19(6-3-9-33(23)31-24)35-18-5-2-4-17(25)21(18)26/h2,4-5,10-11,14-15,19,22H,3,6-9,12-13H2,1H3,(H,28,31)/t14-,15+,19-,22-/m0/s1. The predicted molar refractivity (Wildman–Crippen MR) is 123 cm³/mol. The van der Waals surface area contributed by atoms with Gasteiger partial charge in [0.25, 0.3) is 0 Å². The van der Waals surface area contributed by atoms with Gasteiger partial charge in [-0.15, -0.1) is 10.2 Å². The van der Waals surface area contributed by atoms with E-state index in [1.54, 1.807) is 13.3 Å². The molecule has 4 atom stereocenters. The molecule has 0 radical (unpaired) electrons. The predicted octanol–water partition coefficient (Wildman–Crippen LogP) is 3.60. The topological polar surface area (TPSA) is 90.2 Å². The van der Waals surface area contributed by atoms with E-state index in [0.717, 1.165) is 50.7 Å². The molecule has 11 heteroatoms. The molecule has 2 aromatic heterocycles. The number of piperidine rings is 1. The zero-order chi connectivity index (χ0) is 23.9. The quantitative estimate of drug-likeness (QED) is 0.569. The van der Waals surface area contributed by atoms with Crippen LogP contribution in [-0.2, 0) is 6.54 Å². The molecule has 0 amide bonds. The number of hydrogen-bond donors (Lipinski definition) is 1. The molecule has 1 aliphatic carbocycles. The van der Waals surface area contributed by atoms with Crippen LogP contribution < -0.4 is 19.7 Å². The fourth-order valence-corrected chi connectivity index (χ4v) is 5.64. The molecule has 2 bridgehead atoms. The number of nitrogens with one attached hydrogen (secondary N) is 1. The van der Waals surface area contributed by atoms with E-state index in [4.69, 9.17) is 14.5 Å². The molecule has 3 aliphatic rings. The third-order valence-corrected chi connectivity index (χ3v) is 7.33. The van der Waals surface area contributed by atoms with Gasteiger partial charge < -0.3 is 19.7 Å². The SMILES string of the molecule is COc1cc(N2C[C@H]3CC[C@@H](C2)[C@@H]3Nc2nc3n(n2)CCC[C@@H]3Oc2cccc(F)c2F)cnn1. The molecule has 1 saturated carbocycles. The molecule has 1 saturated heterocycles. The minimum Gasteiger partial charge on any atom is -0.480 e. The number of fused-ring (bicyclic) bond motifs is 3. The molecule has 9 nitrogen and oxygen atoms in total. The minimum atomic E-state index is -0.979. The summed E-state index contributed by atoms with van der Waals surface area (Å²) >= 11 is 0. The Morgan fingerprint density at radius 2 is 1.94 bits per heavy atom. The summed E-state index contributed by atoms with van der Waals surface area (Å²) in [6, 6.07) is 6.15. The number of aryl methyl sites for hydroxylation is 1. The van der Waals surface area contributed by atoms with Crippen molar-refractivity contribution in [1.82, 2.24) is 25.0 Å². The number of benzene rings is 1. The van der Waals surface area contributed by atoms with E-state index in [2.05, 4.69) is 25.5 Å². The third kappa shape index (κ3) is 4.12. The van der Waals surface area contributed by atoms with Crippen molar-refractivity contribution in [2.24, 2.45) is 11.8 Å². The lowest BCUT2D eigenvalue weighted by molar-refractivity contribution is 0.147. The Balaban J connectivity index is 1.17. The van der Waals surface area contributed by atoms with Crippen molar-refractivity contribution in [3.8, 4) is 11.6 Å². The highest BCUT2D eigenvalue weighted by Gasteiger charge is 2.43. The second-order valence-corrected chi connectivity index (χ2v) is 9.45. The summed E-state index contributed by atoms with van der Waals surface area (Å²) in [4.78, 5) is 7.07. The Kier molecular flexibility index (Phi) is 5.62. The minimum absolute atomic E-state index is 0.103. The molecule has 2 fully saturated rings. The van der Waals surface area contributed by atoms with E-state index < -0.39 is 17.7 Å². The first-order valence-electron chi connectivity index (χ1n) is 12.0. The van der Waals surface area contributed by atoms with E-state index in [1.807, 2.05) is 10.7 Å². The van der Waals surface area contributed by atoms with Crippen LogP contribution in [0, 0.1) is 23.5 Å². The molecule has 0 spiro atoms. The Morgan fingerprint density at radius 1 is 1.11 bits per heavy atom. The van der Waals surface area contributed by atoms with Crippen molar-refractivity contribution in [2.45, 2.75) is 44.4 Å². The lowest BCUT2D eigenvalue weighted by atomic mass is 9.92. The third-order valence-electron chi connectivity index (χ3n) is 7.33. The van der Waals surface area contributed by atoms with Gasteiger partial charge in [0.15, 0.2) is 23.5 Å². The maximum atomic E-state index is 14.2. The van der Waals surface area contributed by atoms with Crippen LogP contribution in [0.1, 0.15) is 37.6 Å². The van der Waals surface area contributed by atoms with E-state index in [9.17, 15) is 8.78 Å². The van der Waals surface area contributed by atoms with Gasteiger partial charge in [0.1, 0.15) is 0 Å². The number of nitrogens with zero attached hydrogens (tertiary/aromatic N) is 6. The average molecular weight is 484 g/mol. The van der Waals surface area contributed by atoms with Crippen molar-refractivity contribution < 1.29 is 18.3 Å². The highest BCUT2D eigenvalue weighted by atomic mass is 19.2. The van der Waals surface area contributed by atoms with Crippen molar-refractivity contribution in [3.63, 3.8) is 0 Å². The van der Waals surface area contributed by atoms with E-state index in [0.29, 0.717) is 35.9 Å². The number of hydrogen-bond acceptors (Lipinski definition) is 8. The van der Waals surface area contributed by atoms with Crippen LogP contribution in [0.3, 0.4) is 0 Å². The van der Waals surface area contributed by atoms with Gasteiger partial charge in [-0.1, -0.05) is 6.07 Å². The van der Waals surface area contributed by atoms with E-state index in [1.165, 1.54) is 12.1 Å². The fraction of sp³-hybridized carbons (Fsp3) is 0.500. The molecular weight excluding hydrogens is 456 g/mol. The first-order chi connectivity index (χ1) is 17.1. The van der Waals surface area contributed by atoms with Crippen LogP contribution in [-0.4, -0.2) is 51.2 Å². The van der Waals surface area contributed by atoms with Gasteiger partial charge in [-0.05, 0) is 49.7 Å². The van der Waals surface area contributed by atoms with Crippen molar-refractivity contribution >= 4 is 11.6 Å². The lowest BCUT2D eigenvalue weighted by Gasteiger charge is -2.39. The molecule has 0 unspecified atom stereocenters. The number of anilines is 2. The Bertz CT molecular complexity index is 1210. The van der Waals surface area contributed by atoms with Crippen LogP contribution in [0.25, 0.3) is 0 Å². The van der Waals surface area contributed by atoms with Gasteiger partial charge in [-0.3, -0.25) is 0 Å². The lowest BCUT2D eigenvalue weighted by Crippen LogP contribution is -2.48. The monoisotopic (exact) mass is 483 g/mol. The maximum Gasteiger partial charge on any atom is 0.242 e. The molecule has 35 heavy (non-hydrogen) atoms. The number of rotatable bonds is 6. The summed E-state index contributed by atoms with van der Waals surface area (Å²) in [6.45, 7) is 2.53. The normalized spacial score (nSPS) is 25.3. The molecular formula is C24H27F2N7O2. The Labute approximate surface area is 201 Å². The van der Waals surface area contributed by atoms with Gasteiger partial charge in [0.05, 0.1) is 19.0 Å². The first kappa shape index (κ1) is 22.0. The Hall–Kier alpha value is -3.50. The highest BCUT2D eigenvalue weighted by Crippen LogP contribution is 2.40. The van der Waals surface area contributed by atoms with Crippen molar-refractivity contribution in [1.29, 1.82) is 0 Å². The number of aromatic nitrogens is 5. The first-order valence-corrected chi connectivity index (χ1v) is 12.0. The van der Waals surface area contributed by atoms with Crippen molar-refractivity contribution in [2.75, 3.05) is 30.4 Å². The van der Waals surface area contributed by atoms with Crippen molar-refractivity contribution in [3.05, 3.63) is 47.9 Å². The largest absolute Gasteiger partial charge is 0.480 e. The summed E-state index contributed by atoms with van der Waals surface area (Å²) in [5, 5.41) is 16.3. The average Bonchev–Trinajstić information content (AvgIpc) is 3.38. The number of halogens is 2. The summed E-state index contributed by atoms with van der Waals surface area (Å²) in [7, 11) is 1.59. The fourth-order valence-electron chi connectivity index (χ4n) is 5.64. The molecule has 2 aliphatic heterocycles. The van der Waals surface area contributed by atoms with E-state index in [-0.39, 0.29) is 11.8 Å². The summed E-state index contributed by atoms with van der Waals surface area (Å²) in [5.41, 5.74) is 1.02. The molecule has 4 heterocycles. The van der Waals surface area contributed by atoms with Gasteiger partial charge >= 0.3 is 0 Å². The van der Waals surface area contributed by atoms with Crippen LogP contribution in [0.5, 0.6) is 11.6 Å². The maximum absolute atomic E-state index is 14.2.